The summed E-state index contributed by atoms with van der Waals surface area (Å²) in [6, 6.07) is 14.5. The second-order valence-corrected chi connectivity index (χ2v) is 6.42. The van der Waals surface area contributed by atoms with E-state index in [0.717, 1.165) is 0 Å². The van der Waals surface area contributed by atoms with Gasteiger partial charge in [0.15, 0.2) is 11.5 Å². The first kappa shape index (κ1) is 18.8. The Morgan fingerprint density at radius 1 is 1.17 bits per heavy atom. The molecule has 4 rings (SSSR count). The Balaban J connectivity index is 2.02. The van der Waals surface area contributed by atoms with Gasteiger partial charge < -0.3 is 25.1 Å². The smallest absolute Gasteiger partial charge is 0.349 e. The number of hydrogen-bond donors (Lipinski definition) is 3. The molecule has 0 atom stereocenters. The molecule has 4 aromatic rings. The third kappa shape index (κ3) is 2.95. The number of ether oxygens (including phenoxy) is 1. The molecule has 148 valence electrons. The molecule has 0 unspecified atom stereocenters. The molecule has 8 nitrogen and oxygen atoms in total. The number of benzene rings is 2. The van der Waals surface area contributed by atoms with Crippen LogP contribution >= 0.6 is 0 Å². The molecule has 0 aliphatic rings. The Bertz CT molecular complexity index is 1400. The normalized spacial score (nSPS) is 10.7. The maximum absolute atomic E-state index is 12.6. The van der Waals surface area contributed by atoms with Gasteiger partial charge in [-0.15, -0.1) is 0 Å². The number of nitrogen functional groups attached to an aromatic ring is 1. The number of para-hydroxylation sites is 1. The van der Waals surface area contributed by atoms with E-state index in [2.05, 4.69) is 4.98 Å². The number of nitrogens with zero attached hydrogens (tertiary/aromatic N) is 2. The lowest BCUT2D eigenvalue weighted by Crippen LogP contribution is -2.07. The summed E-state index contributed by atoms with van der Waals surface area (Å²) in [5.74, 6) is -0.298. The molecule has 2 aromatic heterocycles. The Labute approximate surface area is 170 Å². The van der Waals surface area contributed by atoms with Crippen molar-refractivity contribution in [3.05, 3.63) is 64.5 Å². The minimum atomic E-state index is -0.794. The molecule has 0 bridgehead atoms. The maximum atomic E-state index is 12.6. The van der Waals surface area contributed by atoms with Gasteiger partial charge in [0.05, 0.1) is 18.2 Å². The zero-order chi connectivity index (χ0) is 21.4. The van der Waals surface area contributed by atoms with Crippen molar-refractivity contribution in [3.63, 3.8) is 0 Å². The van der Waals surface area contributed by atoms with Crippen LogP contribution in [0.25, 0.3) is 33.4 Å². The predicted molar refractivity (Wildman–Crippen MR) is 110 cm³/mol. The number of aromatic nitrogens is 1. The molecule has 2 aromatic carbocycles. The number of rotatable bonds is 3. The summed E-state index contributed by atoms with van der Waals surface area (Å²) in [5, 5.41) is 30.5. The van der Waals surface area contributed by atoms with Gasteiger partial charge in [-0.05, 0) is 35.9 Å². The molecule has 0 spiro atoms. The van der Waals surface area contributed by atoms with Crippen molar-refractivity contribution >= 4 is 16.8 Å². The highest BCUT2D eigenvalue weighted by Gasteiger charge is 2.21. The van der Waals surface area contributed by atoms with Crippen LogP contribution in [0.3, 0.4) is 0 Å². The summed E-state index contributed by atoms with van der Waals surface area (Å²) in [5.41, 5.74) is 6.24. The van der Waals surface area contributed by atoms with Gasteiger partial charge in [-0.3, -0.25) is 0 Å². The van der Waals surface area contributed by atoms with Crippen LogP contribution in [0.1, 0.15) is 5.56 Å². The molecule has 0 aliphatic heterocycles. The summed E-state index contributed by atoms with van der Waals surface area (Å²) in [6.45, 7) is 0. The summed E-state index contributed by atoms with van der Waals surface area (Å²) < 4.78 is 10.4. The van der Waals surface area contributed by atoms with Gasteiger partial charge in [0.2, 0.25) is 0 Å². The number of phenolic OH excluding ortho intramolecular Hbond substituents is 1. The molecule has 0 saturated carbocycles. The van der Waals surface area contributed by atoms with E-state index in [1.165, 1.54) is 25.3 Å². The van der Waals surface area contributed by atoms with Crippen molar-refractivity contribution in [2.45, 2.75) is 0 Å². The number of hydrogen-bond acceptors (Lipinski definition) is 8. The lowest BCUT2D eigenvalue weighted by molar-refractivity contribution is 0.373. The number of nitriles is 1. The highest BCUT2D eigenvalue weighted by atomic mass is 16.5. The number of fused-ring (bicyclic) bond motifs is 1. The van der Waals surface area contributed by atoms with E-state index >= 15 is 0 Å². The van der Waals surface area contributed by atoms with E-state index < -0.39 is 5.63 Å². The Hall–Kier alpha value is -4.51. The Morgan fingerprint density at radius 3 is 2.67 bits per heavy atom. The van der Waals surface area contributed by atoms with Gasteiger partial charge in [-0.25, -0.2) is 9.78 Å². The van der Waals surface area contributed by atoms with Crippen LogP contribution in [-0.4, -0.2) is 22.3 Å². The zero-order valence-electron chi connectivity index (χ0n) is 15.7. The average molecular weight is 401 g/mol. The molecule has 8 heteroatoms. The third-order valence-electron chi connectivity index (χ3n) is 4.69. The van der Waals surface area contributed by atoms with E-state index in [0.29, 0.717) is 16.5 Å². The van der Waals surface area contributed by atoms with Crippen molar-refractivity contribution in [1.82, 2.24) is 4.98 Å². The van der Waals surface area contributed by atoms with E-state index in [9.17, 15) is 20.3 Å². The predicted octanol–water partition coefficient (Wildman–Crippen LogP) is 3.40. The quantitative estimate of drug-likeness (QED) is 0.443. The van der Waals surface area contributed by atoms with Crippen LogP contribution < -0.4 is 16.1 Å². The second kappa shape index (κ2) is 7.14. The molecule has 30 heavy (non-hydrogen) atoms. The summed E-state index contributed by atoms with van der Waals surface area (Å²) in [7, 11) is 1.40. The van der Waals surface area contributed by atoms with E-state index in [1.54, 1.807) is 30.3 Å². The second-order valence-electron chi connectivity index (χ2n) is 6.42. The Morgan fingerprint density at radius 2 is 1.93 bits per heavy atom. The van der Waals surface area contributed by atoms with Crippen molar-refractivity contribution in [3.8, 4) is 45.7 Å². The van der Waals surface area contributed by atoms with E-state index in [-0.39, 0.29) is 45.5 Å². The first-order chi connectivity index (χ1) is 14.4. The molecule has 0 radical (unpaired) electrons. The highest BCUT2D eigenvalue weighted by molar-refractivity contribution is 5.91. The van der Waals surface area contributed by atoms with Gasteiger partial charge in [-0.1, -0.05) is 18.2 Å². The molecule has 2 heterocycles. The van der Waals surface area contributed by atoms with Gasteiger partial charge in [0.1, 0.15) is 34.3 Å². The molecule has 0 saturated heterocycles. The molecule has 0 aliphatic carbocycles. The van der Waals surface area contributed by atoms with Crippen LogP contribution in [-0.2, 0) is 0 Å². The molecule has 4 N–H and O–H groups in total. The monoisotopic (exact) mass is 401 g/mol. The first-order valence-electron chi connectivity index (χ1n) is 8.77. The minimum absolute atomic E-state index is 0.0468. The van der Waals surface area contributed by atoms with Crippen LogP contribution in [0.5, 0.6) is 17.2 Å². The number of pyridine rings is 1. The summed E-state index contributed by atoms with van der Waals surface area (Å²) in [4.78, 5) is 16.7. The van der Waals surface area contributed by atoms with Crippen molar-refractivity contribution in [2.24, 2.45) is 0 Å². The van der Waals surface area contributed by atoms with Crippen LogP contribution in [0.4, 0.5) is 5.82 Å². The van der Waals surface area contributed by atoms with Crippen molar-refractivity contribution < 1.29 is 19.4 Å². The third-order valence-corrected chi connectivity index (χ3v) is 4.69. The Kier molecular flexibility index (Phi) is 4.49. The minimum Gasteiger partial charge on any atom is -0.506 e. The fourth-order valence-corrected chi connectivity index (χ4v) is 3.24. The summed E-state index contributed by atoms with van der Waals surface area (Å²) in [6.07, 6.45) is 0. The molecule has 0 amide bonds. The number of nitrogens with two attached hydrogens (primary N) is 1. The van der Waals surface area contributed by atoms with E-state index in [1.807, 2.05) is 6.07 Å². The standard InChI is InChI=1S/C22H15N3O5/c1-29-18-8-11(6-7-16(18)26)13-9-15(25-21(24)14(13)10-23)19-20(27)12-4-2-3-5-17(12)30-22(19)28/h2-9,26-27H,1H3,(H2,24,25). The van der Waals surface area contributed by atoms with Gasteiger partial charge in [0, 0.05) is 5.56 Å². The van der Waals surface area contributed by atoms with Gasteiger partial charge >= 0.3 is 5.63 Å². The zero-order valence-corrected chi connectivity index (χ0v) is 15.7. The SMILES string of the molecule is COc1cc(-c2cc(-c3c(O)c4ccccc4oc3=O)nc(N)c2C#N)ccc1O. The number of anilines is 1. The summed E-state index contributed by atoms with van der Waals surface area (Å²) >= 11 is 0. The van der Waals surface area contributed by atoms with Crippen molar-refractivity contribution in [1.29, 1.82) is 5.26 Å². The molecular formula is C22H15N3O5. The average Bonchev–Trinajstić information content (AvgIpc) is 2.73. The van der Waals surface area contributed by atoms with Crippen molar-refractivity contribution in [2.75, 3.05) is 12.8 Å². The maximum Gasteiger partial charge on any atom is 0.349 e. The lowest BCUT2D eigenvalue weighted by atomic mass is 9.98. The van der Waals surface area contributed by atoms with Gasteiger partial charge in [-0.2, -0.15) is 5.26 Å². The highest BCUT2D eigenvalue weighted by Crippen LogP contribution is 2.38. The van der Waals surface area contributed by atoms with Crippen LogP contribution in [0, 0.1) is 11.3 Å². The first-order valence-corrected chi connectivity index (χ1v) is 8.77. The number of phenols is 1. The van der Waals surface area contributed by atoms with E-state index in [4.69, 9.17) is 14.9 Å². The fraction of sp³-hybridized carbons (Fsp3) is 0.0455. The van der Waals surface area contributed by atoms with Crippen LogP contribution in [0.15, 0.2) is 57.7 Å². The van der Waals surface area contributed by atoms with Crippen LogP contribution in [0.2, 0.25) is 0 Å². The number of methoxy groups -OCH3 is 1. The molecular weight excluding hydrogens is 386 g/mol. The number of aromatic hydroxyl groups is 2. The lowest BCUT2D eigenvalue weighted by Gasteiger charge is -2.12. The van der Waals surface area contributed by atoms with Gasteiger partial charge in [0.25, 0.3) is 0 Å². The largest absolute Gasteiger partial charge is 0.506 e. The topological polar surface area (TPSA) is 143 Å². The molecule has 0 fully saturated rings. The fourth-order valence-electron chi connectivity index (χ4n) is 3.24.